The van der Waals surface area contributed by atoms with Crippen LogP contribution in [0.1, 0.15) is 37.2 Å². The second-order valence-electron chi connectivity index (χ2n) is 5.57. The Balaban J connectivity index is 2.14. The maximum Gasteiger partial charge on any atom is 0.0644 e. The summed E-state index contributed by atoms with van der Waals surface area (Å²) in [4.78, 5) is 2.55. The van der Waals surface area contributed by atoms with Crippen LogP contribution in [0.5, 0.6) is 0 Å². The highest BCUT2D eigenvalue weighted by atomic mass is 16.3. The van der Waals surface area contributed by atoms with Gasteiger partial charge >= 0.3 is 0 Å². The summed E-state index contributed by atoms with van der Waals surface area (Å²) in [5.41, 5.74) is 3.64. The van der Waals surface area contributed by atoms with Crippen LogP contribution in [-0.2, 0) is 13.1 Å². The van der Waals surface area contributed by atoms with Crippen molar-refractivity contribution < 1.29 is 5.11 Å². The molecule has 1 aliphatic heterocycles. The van der Waals surface area contributed by atoms with Crippen molar-refractivity contribution in [3.63, 3.8) is 0 Å². The van der Waals surface area contributed by atoms with Gasteiger partial charge in [-0.15, -0.1) is 0 Å². The van der Waals surface area contributed by atoms with Gasteiger partial charge in [-0.2, -0.15) is 5.10 Å². The van der Waals surface area contributed by atoms with Crippen LogP contribution in [0.25, 0.3) is 0 Å². The second-order valence-corrected chi connectivity index (χ2v) is 5.57. The Bertz CT molecular complexity index is 413. The zero-order chi connectivity index (χ0) is 13.3. The molecule has 4 heteroatoms. The Morgan fingerprint density at radius 1 is 1.33 bits per heavy atom. The minimum atomic E-state index is 0.151. The van der Waals surface area contributed by atoms with Gasteiger partial charge in [-0.3, -0.25) is 9.58 Å². The molecule has 1 aromatic rings. The molecule has 2 rings (SSSR count). The van der Waals surface area contributed by atoms with Crippen molar-refractivity contribution in [2.75, 3.05) is 13.2 Å². The number of hydrogen-bond acceptors (Lipinski definition) is 3. The summed E-state index contributed by atoms with van der Waals surface area (Å²) in [7, 11) is 0. The van der Waals surface area contributed by atoms with E-state index in [0.29, 0.717) is 12.6 Å². The van der Waals surface area contributed by atoms with E-state index >= 15 is 0 Å². The summed E-state index contributed by atoms with van der Waals surface area (Å²) in [5.74, 6) is 0.790. The molecule has 1 fully saturated rings. The van der Waals surface area contributed by atoms with E-state index < -0.39 is 0 Å². The maximum absolute atomic E-state index is 9.03. The number of aryl methyl sites for hydroxylation is 1. The van der Waals surface area contributed by atoms with Gasteiger partial charge in [-0.25, -0.2) is 0 Å². The molecule has 18 heavy (non-hydrogen) atoms. The molecule has 0 spiro atoms. The lowest BCUT2D eigenvalue weighted by Crippen LogP contribution is -2.29. The first-order valence-corrected chi connectivity index (χ1v) is 6.92. The van der Waals surface area contributed by atoms with Crippen LogP contribution >= 0.6 is 0 Å². The predicted molar refractivity (Wildman–Crippen MR) is 72.4 cm³/mol. The number of aliphatic hydroxyl groups excluding tert-OH is 1. The van der Waals surface area contributed by atoms with Crippen molar-refractivity contribution in [2.24, 2.45) is 5.92 Å². The second kappa shape index (κ2) is 5.41. The van der Waals surface area contributed by atoms with E-state index in [1.165, 1.54) is 24.2 Å². The molecule has 1 N–H and O–H groups in total. The number of aromatic nitrogens is 2. The molecule has 0 aromatic carbocycles. The summed E-state index contributed by atoms with van der Waals surface area (Å²) in [5, 5.41) is 13.6. The minimum Gasteiger partial charge on any atom is -0.394 e. The highest BCUT2D eigenvalue weighted by Crippen LogP contribution is 2.26. The van der Waals surface area contributed by atoms with Crippen molar-refractivity contribution >= 4 is 0 Å². The van der Waals surface area contributed by atoms with Crippen molar-refractivity contribution in [3.05, 3.63) is 17.0 Å². The first-order valence-electron chi connectivity index (χ1n) is 6.92. The average molecular weight is 251 g/mol. The van der Waals surface area contributed by atoms with Crippen LogP contribution in [0.2, 0.25) is 0 Å². The van der Waals surface area contributed by atoms with Crippen molar-refractivity contribution in [2.45, 2.75) is 53.2 Å². The fourth-order valence-electron chi connectivity index (χ4n) is 2.88. The first-order chi connectivity index (χ1) is 8.54. The number of aliphatic hydroxyl groups is 1. The van der Waals surface area contributed by atoms with Gasteiger partial charge in [0.25, 0.3) is 0 Å². The molecule has 1 aliphatic rings. The molecule has 1 aromatic heterocycles. The highest BCUT2D eigenvalue weighted by Gasteiger charge is 2.28. The predicted octanol–water partition coefficient (Wildman–Crippen LogP) is 1.72. The molecule has 2 atom stereocenters. The van der Waals surface area contributed by atoms with Gasteiger partial charge in [0, 0.05) is 23.8 Å². The molecule has 0 saturated carbocycles. The van der Waals surface area contributed by atoms with Gasteiger partial charge in [0.2, 0.25) is 0 Å². The standard InChI is InChI=1S/C14H25N3O/c1-10-5-6-16(12(10)3)9-14-11(2)15-17(7-8-18)13(14)4/h10,12,18H,5-9H2,1-4H3. The van der Waals surface area contributed by atoms with Crippen LogP contribution in [0.4, 0.5) is 0 Å². The quantitative estimate of drug-likeness (QED) is 0.886. The SMILES string of the molecule is Cc1nn(CCO)c(C)c1CN1CCC(C)C1C. The van der Waals surface area contributed by atoms with Gasteiger partial charge in [0.15, 0.2) is 0 Å². The van der Waals surface area contributed by atoms with Crippen LogP contribution in [0.15, 0.2) is 0 Å². The molecule has 0 aliphatic carbocycles. The molecule has 102 valence electrons. The number of hydrogen-bond donors (Lipinski definition) is 1. The summed E-state index contributed by atoms with van der Waals surface area (Å²) >= 11 is 0. The zero-order valence-corrected chi connectivity index (χ0v) is 12.0. The van der Waals surface area contributed by atoms with Gasteiger partial charge < -0.3 is 5.11 Å². The molecule has 4 nitrogen and oxygen atoms in total. The maximum atomic E-state index is 9.03. The summed E-state index contributed by atoms with van der Waals surface area (Å²) < 4.78 is 1.93. The highest BCUT2D eigenvalue weighted by molar-refractivity contribution is 5.24. The van der Waals surface area contributed by atoms with E-state index in [1.807, 2.05) is 4.68 Å². The van der Waals surface area contributed by atoms with E-state index in [9.17, 15) is 0 Å². The normalized spacial score (nSPS) is 24.9. The topological polar surface area (TPSA) is 41.3 Å². The van der Waals surface area contributed by atoms with E-state index in [2.05, 4.69) is 37.7 Å². The average Bonchev–Trinajstić information content (AvgIpc) is 2.78. The molecule has 2 heterocycles. The Morgan fingerprint density at radius 2 is 2.06 bits per heavy atom. The lowest BCUT2D eigenvalue weighted by atomic mass is 10.0. The molecular weight excluding hydrogens is 226 g/mol. The Morgan fingerprint density at radius 3 is 2.61 bits per heavy atom. The van der Waals surface area contributed by atoms with Crippen molar-refractivity contribution in [1.82, 2.24) is 14.7 Å². The molecule has 0 amide bonds. The lowest BCUT2D eigenvalue weighted by molar-refractivity contribution is 0.238. The van der Waals surface area contributed by atoms with Gasteiger partial charge in [-0.05, 0) is 39.7 Å². The number of nitrogens with zero attached hydrogens (tertiary/aromatic N) is 3. The van der Waals surface area contributed by atoms with Crippen molar-refractivity contribution in [1.29, 1.82) is 0 Å². The van der Waals surface area contributed by atoms with E-state index in [-0.39, 0.29) is 6.61 Å². The van der Waals surface area contributed by atoms with Gasteiger partial charge in [0.1, 0.15) is 0 Å². The Hall–Kier alpha value is -0.870. The summed E-state index contributed by atoms with van der Waals surface area (Å²) in [6.45, 7) is 11.8. The monoisotopic (exact) mass is 251 g/mol. The Labute approximate surface area is 110 Å². The third-order valence-electron chi connectivity index (χ3n) is 4.48. The van der Waals surface area contributed by atoms with Crippen LogP contribution in [0.3, 0.4) is 0 Å². The number of likely N-dealkylation sites (tertiary alicyclic amines) is 1. The zero-order valence-electron chi connectivity index (χ0n) is 12.0. The van der Waals surface area contributed by atoms with Gasteiger partial charge in [0.05, 0.1) is 18.8 Å². The van der Waals surface area contributed by atoms with Gasteiger partial charge in [-0.1, -0.05) is 6.92 Å². The van der Waals surface area contributed by atoms with E-state index in [1.54, 1.807) is 0 Å². The fraction of sp³-hybridized carbons (Fsp3) is 0.786. The first kappa shape index (κ1) is 13.6. The molecule has 1 saturated heterocycles. The third kappa shape index (κ3) is 2.45. The fourth-order valence-corrected chi connectivity index (χ4v) is 2.88. The Kier molecular flexibility index (Phi) is 4.07. The molecule has 0 radical (unpaired) electrons. The summed E-state index contributed by atoms with van der Waals surface area (Å²) in [6.07, 6.45) is 1.30. The van der Waals surface area contributed by atoms with E-state index in [0.717, 1.165) is 18.2 Å². The number of rotatable bonds is 4. The van der Waals surface area contributed by atoms with Crippen LogP contribution < -0.4 is 0 Å². The largest absolute Gasteiger partial charge is 0.394 e. The lowest BCUT2D eigenvalue weighted by Gasteiger charge is -2.23. The molecule has 2 unspecified atom stereocenters. The smallest absolute Gasteiger partial charge is 0.0644 e. The molecular formula is C14H25N3O. The third-order valence-corrected chi connectivity index (χ3v) is 4.48. The minimum absolute atomic E-state index is 0.151. The van der Waals surface area contributed by atoms with E-state index in [4.69, 9.17) is 5.11 Å². The molecule has 0 bridgehead atoms. The summed E-state index contributed by atoms with van der Waals surface area (Å²) in [6, 6.07) is 0.657. The van der Waals surface area contributed by atoms with Crippen LogP contribution in [0, 0.1) is 19.8 Å². The van der Waals surface area contributed by atoms with Crippen LogP contribution in [-0.4, -0.2) is 39.0 Å². The van der Waals surface area contributed by atoms with Crippen molar-refractivity contribution in [3.8, 4) is 0 Å².